The number of hydrogen-bond acceptors (Lipinski definition) is 2. The van der Waals surface area contributed by atoms with Gasteiger partial charge in [-0.1, -0.05) is 6.07 Å². The van der Waals surface area contributed by atoms with Crippen LogP contribution in [-0.2, 0) is 12.5 Å². The van der Waals surface area contributed by atoms with Crippen molar-refractivity contribution in [1.82, 2.24) is 4.98 Å². The van der Waals surface area contributed by atoms with E-state index in [1.54, 1.807) is 0 Å². The number of aliphatic hydroxyl groups is 1. The number of rotatable bonds is 2. The normalized spacial score (nSPS) is 11.7. The van der Waals surface area contributed by atoms with Crippen LogP contribution >= 0.6 is 0 Å². The number of aromatic nitrogens is 1. The van der Waals surface area contributed by atoms with Gasteiger partial charge in [0.05, 0.1) is 12.3 Å². The first-order chi connectivity index (χ1) is 5.54. The summed E-state index contributed by atoms with van der Waals surface area (Å²) < 4.78 is 25.3. The Hall–Kier alpha value is -1.03. The van der Waals surface area contributed by atoms with Gasteiger partial charge in [-0.05, 0) is 12.1 Å². The molecule has 0 saturated carbocycles. The second kappa shape index (κ2) is 3.15. The Labute approximate surface area is 68.9 Å². The smallest absolute Gasteiger partial charge is 0.286 e. The van der Waals surface area contributed by atoms with E-state index in [0.29, 0.717) is 0 Å². The van der Waals surface area contributed by atoms with Crippen molar-refractivity contribution in [2.24, 2.45) is 0 Å². The van der Waals surface area contributed by atoms with Crippen molar-refractivity contribution >= 4 is 0 Å². The predicted octanol–water partition coefficient (Wildman–Crippen LogP) is 1.69. The fourth-order valence-electron chi connectivity index (χ4n) is 0.812. The van der Waals surface area contributed by atoms with E-state index in [9.17, 15) is 8.78 Å². The second-order valence-corrected chi connectivity index (χ2v) is 2.56. The molecule has 0 unspecified atom stereocenters. The Morgan fingerprint density at radius 1 is 1.50 bits per heavy atom. The van der Waals surface area contributed by atoms with Crippen LogP contribution in [0.2, 0.25) is 0 Å². The number of alkyl halides is 2. The molecule has 12 heavy (non-hydrogen) atoms. The van der Waals surface area contributed by atoms with Gasteiger partial charge in [-0.3, -0.25) is 0 Å². The Morgan fingerprint density at radius 2 is 2.17 bits per heavy atom. The van der Waals surface area contributed by atoms with Gasteiger partial charge in [-0.15, -0.1) is 0 Å². The number of halogens is 2. The number of aliphatic hydroxyl groups excluding tert-OH is 1. The molecule has 0 aromatic carbocycles. The quantitative estimate of drug-likeness (QED) is 0.738. The molecular formula is C8H9F2NO. The van der Waals surface area contributed by atoms with Gasteiger partial charge in [0.1, 0.15) is 5.69 Å². The summed E-state index contributed by atoms with van der Waals surface area (Å²) in [7, 11) is 0. The van der Waals surface area contributed by atoms with Crippen LogP contribution in [0, 0.1) is 0 Å². The van der Waals surface area contributed by atoms with Crippen molar-refractivity contribution < 1.29 is 13.9 Å². The highest BCUT2D eigenvalue weighted by atomic mass is 19.3. The fraction of sp³-hybridized carbons (Fsp3) is 0.375. The van der Waals surface area contributed by atoms with E-state index < -0.39 is 5.92 Å². The lowest BCUT2D eigenvalue weighted by Crippen LogP contribution is -2.10. The Balaban J connectivity index is 3.02. The van der Waals surface area contributed by atoms with Crippen molar-refractivity contribution in [2.75, 3.05) is 0 Å². The van der Waals surface area contributed by atoms with Gasteiger partial charge >= 0.3 is 0 Å². The Morgan fingerprint density at radius 3 is 2.67 bits per heavy atom. The molecule has 0 aliphatic rings. The van der Waals surface area contributed by atoms with Gasteiger partial charge in [0.15, 0.2) is 0 Å². The molecule has 1 aromatic heterocycles. The average molecular weight is 173 g/mol. The first-order valence-electron chi connectivity index (χ1n) is 3.49. The molecule has 0 atom stereocenters. The lowest BCUT2D eigenvalue weighted by atomic mass is 10.2. The molecule has 0 spiro atoms. The molecule has 1 N–H and O–H groups in total. The van der Waals surface area contributed by atoms with E-state index in [2.05, 4.69) is 4.98 Å². The summed E-state index contributed by atoms with van der Waals surface area (Å²) in [6.45, 7) is 0.459. The SMILES string of the molecule is CC(F)(F)c1cccc(CO)n1. The third-order valence-corrected chi connectivity index (χ3v) is 1.42. The number of hydrogen-bond donors (Lipinski definition) is 1. The zero-order chi connectivity index (χ0) is 9.19. The van der Waals surface area contributed by atoms with Gasteiger partial charge < -0.3 is 5.11 Å². The minimum absolute atomic E-state index is 0.258. The molecule has 1 aromatic rings. The van der Waals surface area contributed by atoms with E-state index >= 15 is 0 Å². The molecule has 0 aliphatic heterocycles. The van der Waals surface area contributed by atoms with Crippen molar-refractivity contribution in [2.45, 2.75) is 19.5 Å². The predicted molar refractivity (Wildman–Crippen MR) is 39.7 cm³/mol. The lowest BCUT2D eigenvalue weighted by molar-refractivity contribution is 0.0124. The van der Waals surface area contributed by atoms with Gasteiger partial charge in [0.25, 0.3) is 5.92 Å². The highest BCUT2D eigenvalue weighted by Crippen LogP contribution is 2.24. The van der Waals surface area contributed by atoms with E-state index in [-0.39, 0.29) is 18.0 Å². The van der Waals surface area contributed by atoms with Crippen LogP contribution in [-0.4, -0.2) is 10.1 Å². The maximum atomic E-state index is 12.6. The topological polar surface area (TPSA) is 33.1 Å². The largest absolute Gasteiger partial charge is 0.390 e. The zero-order valence-corrected chi connectivity index (χ0v) is 6.59. The van der Waals surface area contributed by atoms with Gasteiger partial charge in [0.2, 0.25) is 0 Å². The van der Waals surface area contributed by atoms with E-state index in [0.717, 1.165) is 6.92 Å². The third-order valence-electron chi connectivity index (χ3n) is 1.42. The molecule has 4 heteroatoms. The fourth-order valence-corrected chi connectivity index (χ4v) is 0.812. The van der Waals surface area contributed by atoms with Crippen LogP contribution in [0.15, 0.2) is 18.2 Å². The van der Waals surface area contributed by atoms with Crippen LogP contribution < -0.4 is 0 Å². The molecule has 0 fully saturated rings. The standard InChI is InChI=1S/C8H9F2NO/c1-8(9,10)7-4-2-3-6(5-12)11-7/h2-4,12H,5H2,1H3. The van der Waals surface area contributed by atoms with Gasteiger partial charge in [0, 0.05) is 6.92 Å². The maximum Gasteiger partial charge on any atom is 0.286 e. The molecular weight excluding hydrogens is 164 g/mol. The maximum absolute atomic E-state index is 12.6. The minimum Gasteiger partial charge on any atom is -0.390 e. The summed E-state index contributed by atoms with van der Waals surface area (Å²) in [6, 6.07) is 4.18. The van der Waals surface area contributed by atoms with Gasteiger partial charge in [-0.2, -0.15) is 8.78 Å². The molecule has 0 saturated heterocycles. The van der Waals surface area contributed by atoms with Crippen LogP contribution in [0.3, 0.4) is 0 Å². The molecule has 0 bridgehead atoms. The summed E-state index contributed by atoms with van der Waals surface area (Å²) in [4.78, 5) is 3.56. The summed E-state index contributed by atoms with van der Waals surface area (Å²) >= 11 is 0. The van der Waals surface area contributed by atoms with E-state index in [1.807, 2.05) is 0 Å². The van der Waals surface area contributed by atoms with Crippen molar-refractivity contribution in [3.05, 3.63) is 29.6 Å². The summed E-state index contributed by atoms with van der Waals surface area (Å²) in [6.07, 6.45) is 0. The highest BCUT2D eigenvalue weighted by molar-refractivity contribution is 5.13. The van der Waals surface area contributed by atoms with Crippen LogP contribution in [0.25, 0.3) is 0 Å². The lowest BCUT2D eigenvalue weighted by Gasteiger charge is -2.09. The molecule has 0 radical (unpaired) electrons. The summed E-state index contributed by atoms with van der Waals surface area (Å²) in [5.74, 6) is -2.94. The molecule has 2 nitrogen and oxygen atoms in total. The van der Waals surface area contributed by atoms with Crippen molar-refractivity contribution in [3.63, 3.8) is 0 Å². The monoisotopic (exact) mass is 173 g/mol. The molecule has 1 heterocycles. The number of pyridine rings is 1. The average Bonchev–Trinajstić information content (AvgIpc) is 2.03. The van der Waals surface area contributed by atoms with Crippen LogP contribution in [0.5, 0.6) is 0 Å². The first-order valence-corrected chi connectivity index (χ1v) is 3.49. The second-order valence-electron chi connectivity index (χ2n) is 2.56. The van der Waals surface area contributed by atoms with E-state index in [4.69, 9.17) is 5.11 Å². The van der Waals surface area contributed by atoms with Crippen molar-refractivity contribution in [3.8, 4) is 0 Å². The van der Waals surface area contributed by atoms with Crippen molar-refractivity contribution in [1.29, 1.82) is 0 Å². The summed E-state index contributed by atoms with van der Waals surface area (Å²) in [5, 5.41) is 8.62. The molecule has 0 aliphatic carbocycles. The van der Waals surface area contributed by atoms with Gasteiger partial charge in [-0.25, -0.2) is 4.98 Å². The zero-order valence-electron chi connectivity index (χ0n) is 6.59. The molecule has 66 valence electrons. The summed E-state index contributed by atoms with van der Waals surface area (Å²) in [5.41, 5.74) is -0.0527. The van der Waals surface area contributed by atoms with Crippen LogP contribution in [0.4, 0.5) is 8.78 Å². The Bertz CT molecular complexity index is 270. The minimum atomic E-state index is -2.94. The molecule has 1 rings (SSSR count). The molecule has 0 amide bonds. The highest BCUT2D eigenvalue weighted by Gasteiger charge is 2.25. The number of nitrogens with zero attached hydrogens (tertiary/aromatic N) is 1. The third kappa shape index (κ3) is 1.98. The van der Waals surface area contributed by atoms with Crippen LogP contribution in [0.1, 0.15) is 18.3 Å². The van der Waals surface area contributed by atoms with E-state index in [1.165, 1.54) is 18.2 Å². The first kappa shape index (κ1) is 9.06. The Kier molecular flexibility index (Phi) is 2.38.